The van der Waals surface area contributed by atoms with Gasteiger partial charge in [-0.25, -0.2) is 0 Å². The standard InChI is InChI=1S/C19H24N2O5/c1-21(10-7-14-4-5-16(24-2)17(12-14)25-3)18(22)6-9-20-19(23)15-8-11-26-13-15/h4-5,8,11-13H,6-7,9-10H2,1-3H3,(H,20,23). The summed E-state index contributed by atoms with van der Waals surface area (Å²) in [6.07, 6.45) is 3.74. The van der Waals surface area contributed by atoms with E-state index in [2.05, 4.69) is 5.32 Å². The van der Waals surface area contributed by atoms with E-state index in [0.717, 1.165) is 5.56 Å². The van der Waals surface area contributed by atoms with E-state index in [1.807, 2.05) is 18.2 Å². The van der Waals surface area contributed by atoms with Gasteiger partial charge in [0.05, 0.1) is 26.0 Å². The number of rotatable bonds is 9. The molecule has 0 saturated carbocycles. The molecule has 0 bridgehead atoms. The maximum absolute atomic E-state index is 12.2. The summed E-state index contributed by atoms with van der Waals surface area (Å²) in [4.78, 5) is 25.6. The Labute approximate surface area is 152 Å². The van der Waals surface area contributed by atoms with Crippen molar-refractivity contribution in [3.63, 3.8) is 0 Å². The lowest BCUT2D eigenvalue weighted by molar-refractivity contribution is -0.129. The SMILES string of the molecule is COc1ccc(CCN(C)C(=O)CCNC(=O)c2ccoc2)cc1OC. The van der Waals surface area contributed by atoms with Crippen LogP contribution in [-0.2, 0) is 11.2 Å². The zero-order valence-electron chi connectivity index (χ0n) is 15.3. The van der Waals surface area contributed by atoms with E-state index in [4.69, 9.17) is 13.9 Å². The summed E-state index contributed by atoms with van der Waals surface area (Å²) in [6.45, 7) is 0.855. The van der Waals surface area contributed by atoms with Crippen LogP contribution in [0, 0.1) is 0 Å². The Morgan fingerprint density at radius 3 is 2.58 bits per heavy atom. The van der Waals surface area contributed by atoms with Gasteiger partial charge in [0.2, 0.25) is 5.91 Å². The Hall–Kier alpha value is -2.96. The Morgan fingerprint density at radius 1 is 1.15 bits per heavy atom. The molecule has 0 unspecified atom stereocenters. The number of nitrogens with one attached hydrogen (secondary N) is 1. The lowest BCUT2D eigenvalue weighted by Gasteiger charge is -2.18. The predicted molar refractivity (Wildman–Crippen MR) is 96.5 cm³/mol. The lowest BCUT2D eigenvalue weighted by atomic mass is 10.1. The van der Waals surface area contributed by atoms with Gasteiger partial charge in [-0.05, 0) is 30.2 Å². The number of hydrogen-bond acceptors (Lipinski definition) is 5. The minimum Gasteiger partial charge on any atom is -0.493 e. The van der Waals surface area contributed by atoms with Crippen LogP contribution in [0.1, 0.15) is 22.3 Å². The summed E-state index contributed by atoms with van der Waals surface area (Å²) < 4.78 is 15.4. The molecule has 0 fully saturated rings. The molecular weight excluding hydrogens is 336 g/mol. The van der Waals surface area contributed by atoms with Crippen LogP contribution in [-0.4, -0.2) is 51.1 Å². The van der Waals surface area contributed by atoms with Crippen molar-refractivity contribution in [2.45, 2.75) is 12.8 Å². The molecule has 7 nitrogen and oxygen atoms in total. The van der Waals surface area contributed by atoms with Gasteiger partial charge in [0.1, 0.15) is 6.26 Å². The first-order valence-electron chi connectivity index (χ1n) is 8.30. The molecule has 1 aromatic heterocycles. The number of methoxy groups -OCH3 is 2. The average molecular weight is 360 g/mol. The maximum atomic E-state index is 12.2. The molecule has 0 radical (unpaired) electrons. The minimum atomic E-state index is -0.250. The number of hydrogen-bond donors (Lipinski definition) is 1. The summed E-state index contributed by atoms with van der Waals surface area (Å²) in [7, 11) is 4.94. The molecule has 0 saturated heterocycles. The summed E-state index contributed by atoms with van der Waals surface area (Å²) in [5, 5.41) is 2.70. The van der Waals surface area contributed by atoms with Gasteiger partial charge < -0.3 is 24.1 Å². The number of nitrogens with zero attached hydrogens (tertiary/aromatic N) is 1. The number of likely N-dealkylation sites (N-methyl/N-ethyl adjacent to an activating group) is 1. The van der Waals surface area contributed by atoms with E-state index < -0.39 is 0 Å². The Balaban J connectivity index is 1.75. The number of carbonyl (C=O) groups is 2. The Morgan fingerprint density at radius 2 is 1.92 bits per heavy atom. The third-order valence-electron chi connectivity index (χ3n) is 4.02. The zero-order chi connectivity index (χ0) is 18.9. The molecule has 2 rings (SSSR count). The van der Waals surface area contributed by atoms with Gasteiger partial charge in [0, 0.05) is 26.6 Å². The number of ether oxygens (including phenoxy) is 2. The molecular formula is C19H24N2O5. The highest BCUT2D eigenvalue weighted by atomic mass is 16.5. The van der Waals surface area contributed by atoms with Gasteiger partial charge in [0.25, 0.3) is 5.91 Å². The van der Waals surface area contributed by atoms with Crippen LogP contribution >= 0.6 is 0 Å². The summed E-state index contributed by atoms with van der Waals surface area (Å²) in [5.41, 5.74) is 1.50. The van der Waals surface area contributed by atoms with E-state index in [0.29, 0.717) is 30.0 Å². The van der Waals surface area contributed by atoms with Crippen molar-refractivity contribution >= 4 is 11.8 Å². The highest BCUT2D eigenvalue weighted by Gasteiger charge is 2.12. The maximum Gasteiger partial charge on any atom is 0.254 e. The van der Waals surface area contributed by atoms with E-state index in [-0.39, 0.29) is 24.8 Å². The third kappa shape index (κ3) is 5.27. The largest absolute Gasteiger partial charge is 0.493 e. The molecule has 2 amide bonds. The Kier molecular flexibility index (Phi) is 7.08. The molecule has 7 heteroatoms. The lowest BCUT2D eigenvalue weighted by Crippen LogP contribution is -2.33. The molecule has 0 aliphatic rings. The van der Waals surface area contributed by atoms with Gasteiger partial charge in [-0.1, -0.05) is 6.07 Å². The highest BCUT2D eigenvalue weighted by molar-refractivity contribution is 5.94. The summed E-state index contributed by atoms with van der Waals surface area (Å²) >= 11 is 0. The molecule has 0 spiro atoms. The van der Waals surface area contributed by atoms with Gasteiger partial charge in [-0.3, -0.25) is 9.59 Å². The number of carbonyl (C=O) groups excluding carboxylic acids is 2. The molecule has 0 aliphatic heterocycles. The van der Waals surface area contributed by atoms with Crippen LogP contribution < -0.4 is 14.8 Å². The van der Waals surface area contributed by atoms with E-state index >= 15 is 0 Å². The van der Waals surface area contributed by atoms with E-state index in [1.54, 1.807) is 32.2 Å². The predicted octanol–water partition coefficient (Wildman–Crippen LogP) is 2.12. The molecule has 26 heavy (non-hydrogen) atoms. The Bertz CT molecular complexity index is 728. The van der Waals surface area contributed by atoms with Crippen molar-refractivity contribution < 1.29 is 23.5 Å². The van der Waals surface area contributed by atoms with Crippen molar-refractivity contribution in [1.29, 1.82) is 0 Å². The average Bonchev–Trinajstić information content (AvgIpc) is 3.20. The molecule has 1 aromatic carbocycles. The van der Waals surface area contributed by atoms with E-state index in [9.17, 15) is 9.59 Å². The number of amides is 2. The summed E-state index contributed by atoms with van der Waals surface area (Å²) in [5.74, 6) is 1.06. The topological polar surface area (TPSA) is 81.0 Å². The van der Waals surface area contributed by atoms with E-state index in [1.165, 1.54) is 12.5 Å². The normalized spacial score (nSPS) is 10.3. The summed E-state index contributed by atoms with van der Waals surface area (Å²) in [6, 6.07) is 7.28. The smallest absolute Gasteiger partial charge is 0.254 e. The van der Waals surface area contributed by atoms with Crippen LogP contribution in [0.2, 0.25) is 0 Å². The fraction of sp³-hybridized carbons (Fsp3) is 0.368. The van der Waals surface area contributed by atoms with Gasteiger partial charge in [-0.2, -0.15) is 0 Å². The van der Waals surface area contributed by atoms with Crippen LogP contribution in [0.5, 0.6) is 11.5 Å². The molecule has 0 atom stereocenters. The van der Waals surface area contributed by atoms with Crippen LogP contribution in [0.3, 0.4) is 0 Å². The van der Waals surface area contributed by atoms with Crippen molar-refractivity contribution in [2.24, 2.45) is 0 Å². The molecule has 1 N–H and O–H groups in total. The molecule has 1 heterocycles. The first-order chi connectivity index (χ1) is 12.5. The fourth-order valence-corrected chi connectivity index (χ4v) is 2.43. The second kappa shape index (κ2) is 9.50. The third-order valence-corrected chi connectivity index (χ3v) is 4.02. The zero-order valence-corrected chi connectivity index (χ0v) is 15.3. The second-order valence-corrected chi connectivity index (χ2v) is 5.77. The van der Waals surface area contributed by atoms with Crippen molar-refractivity contribution in [1.82, 2.24) is 10.2 Å². The van der Waals surface area contributed by atoms with Gasteiger partial charge in [0.15, 0.2) is 11.5 Å². The fourth-order valence-electron chi connectivity index (χ4n) is 2.43. The number of furan rings is 1. The highest BCUT2D eigenvalue weighted by Crippen LogP contribution is 2.27. The second-order valence-electron chi connectivity index (χ2n) is 5.77. The number of benzene rings is 1. The van der Waals surface area contributed by atoms with Crippen LogP contribution in [0.25, 0.3) is 0 Å². The van der Waals surface area contributed by atoms with Gasteiger partial charge in [-0.15, -0.1) is 0 Å². The molecule has 2 aromatic rings. The van der Waals surface area contributed by atoms with Crippen LogP contribution in [0.15, 0.2) is 41.2 Å². The van der Waals surface area contributed by atoms with Crippen molar-refractivity contribution in [3.05, 3.63) is 47.9 Å². The van der Waals surface area contributed by atoms with Crippen LogP contribution in [0.4, 0.5) is 0 Å². The van der Waals surface area contributed by atoms with Crippen molar-refractivity contribution in [2.75, 3.05) is 34.4 Å². The molecule has 140 valence electrons. The first-order valence-corrected chi connectivity index (χ1v) is 8.30. The quantitative estimate of drug-likeness (QED) is 0.741. The first kappa shape index (κ1) is 19.4. The van der Waals surface area contributed by atoms with Gasteiger partial charge >= 0.3 is 0 Å². The monoisotopic (exact) mass is 360 g/mol. The van der Waals surface area contributed by atoms with Crippen molar-refractivity contribution in [3.8, 4) is 11.5 Å². The molecule has 0 aliphatic carbocycles. The minimum absolute atomic E-state index is 0.0297.